The van der Waals surface area contributed by atoms with Crippen molar-refractivity contribution in [1.29, 1.82) is 0 Å². The molecule has 0 radical (unpaired) electrons. The maximum absolute atomic E-state index is 12.3. The van der Waals surface area contributed by atoms with Gasteiger partial charge >= 0.3 is 0 Å². The minimum absolute atomic E-state index is 0.0715. The molecule has 0 saturated carbocycles. The topological polar surface area (TPSA) is 103 Å². The number of aliphatic hydroxyl groups excluding tert-OH is 2. The van der Waals surface area contributed by atoms with E-state index in [0.717, 1.165) is 4.31 Å². The van der Waals surface area contributed by atoms with Crippen molar-refractivity contribution in [2.45, 2.75) is 17.1 Å². The molecule has 7 nitrogen and oxygen atoms in total. The lowest BCUT2D eigenvalue weighted by Gasteiger charge is -2.15. The standard InChI is InChI=1S/C10H14ClN3O4S/c1-12-10-7(11)2-6(3-13-10)19(17,18)14-4-8(15)9(16)5-14/h2-3,8-9,15-16H,4-5H2,1H3,(H,12,13). The van der Waals surface area contributed by atoms with Crippen LogP contribution < -0.4 is 5.32 Å². The Bertz CT molecular complexity index is 570. The van der Waals surface area contributed by atoms with Gasteiger partial charge in [0.25, 0.3) is 0 Å². The van der Waals surface area contributed by atoms with E-state index in [1.807, 2.05) is 0 Å². The van der Waals surface area contributed by atoms with Gasteiger partial charge in [0.1, 0.15) is 10.7 Å². The first-order valence-corrected chi connectivity index (χ1v) is 7.37. The number of sulfonamides is 1. The molecule has 1 saturated heterocycles. The van der Waals surface area contributed by atoms with E-state index in [1.54, 1.807) is 7.05 Å². The van der Waals surface area contributed by atoms with Gasteiger partial charge in [-0.1, -0.05) is 11.6 Å². The van der Waals surface area contributed by atoms with Crippen LogP contribution >= 0.6 is 11.6 Å². The molecule has 106 valence electrons. The molecule has 2 unspecified atom stereocenters. The Morgan fingerprint density at radius 1 is 1.42 bits per heavy atom. The number of halogens is 1. The van der Waals surface area contributed by atoms with Crippen LogP contribution in [0.2, 0.25) is 5.02 Å². The van der Waals surface area contributed by atoms with Gasteiger partial charge in [-0.3, -0.25) is 0 Å². The molecule has 0 spiro atoms. The van der Waals surface area contributed by atoms with Crippen LogP contribution in [-0.2, 0) is 10.0 Å². The average molecular weight is 308 g/mol. The van der Waals surface area contributed by atoms with E-state index >= 15 is 0 Å². The molecule has 1 aliphatic heterocycles. The number of nitrogens with one attached hydrogen (secondary N) is 1. The highest BCUT2D eigenvalue weighted by molar-refractivity contribution is 7.89. The van der Waals surface area contributed by atoms with E-state index in [2.05, 4.69) is 10.3 Å². The van der Waals surface area contributed by atoms with Gasteiger partial charge in [0.2, 0.25) is 10.0 Å². The molecule has 1 aliphatic rings. The van der Waals surface area contributed by atoms with Gasteiger partial charge in [-0.15, -0.1) is 0 Å². The number of β-amino-alcohol motifs (C(OH)–C–C–N with tert-alkyl or cyclic N) is 2. The molecule has 1 aromatic heterocycles. The number of hydrogen-bond acceptors (Lipinski definition) is 6. The predicted octanol–water partition coefficient (Wildman–Crippen LogP) is -0.497. The number of nitrogens with zero attached hydrogens (tertiary/aromatic N) is 2. The summed E-state index contributed by atoms with van der Waals surface area (Å²) in [7, 11) is -2.19. The Balaban J connectivity index is 2.33. The molecule has 0 aliphatic carbocycles. The van der Waals surface area contributed by atoms with E-state index in [-0.39, 0.29) is 23.0 Å². The van der Waals surface area contributed by atoms with E-state index in [1.165, 1.54) is 12.3 Å². The first-order chi connectivity index (χ1) is 8.86. The van der Waals surface area contributed by atoms with Crippen LogP contribution in [0.3, 0.4) is 0 Å². The van der Waals surface area contributed by atoms with E-state index < -0.39 is 22.2 Å². The van der Waals surface area contributed by atoms with Crippen molar-refractivity contribution in [2.24, 2.45) is 0 Å². The fraction of sp³-hybridized carbons (Fsp3) is 0.500. The fourth-order valence-corrected chi connectivity index (χ4v) is 3.60. The minimum atomic E-state index is -3.81. The Hall–Kier alpha value is -0.930. The number of pyridine rings is 1. The normalized spacial score (nSPS) is 24.6. The van der Waals surface area contributed by atoms with Gasteiger partial charge in [-0.05, 0) is 6.07 Å². The summed E-state index contributed by atoms with van der Waals surface area (Å²) in [4.78, 5) is 3.83. The molecule has 19 heavy (non-hydrogen) atoms. The van der Waals surface area contributed by atoms with Crippen molar-refractivity contribution in [1.82, 2.24) is 9.29 Å². The second kappa shape index (κ2) is 5.22. The van der Waals surface area contributed by atoms with Gasteiger partial charge in [0.15, 0.2) is 0 Å². The van der Waals surface area contributed by atoms with Crippen LogP contribution in [0.5, 0.6) is 0 Å². The van der Waals surface area contributed by atoms with Crippen molar-refractivity contribution < 1.29 is 18.6 Å². The third-order valence-corrected chi connectivity index (χ3v) is 5.00. The Kier molecular flexibility index (Phi) is 3.98. The summed E-state index contributed by atoms with van der Waals surface area (Å²) in [5, 5.41) is 21.7. The molecule has 0 bridgehead atoms. The fourth-order valence-electron chi connectivity index (χ4n) is 1.83. The lowest BCUT2D eigenvalue weighted by molar-refractivity contribution is 0.0572. The lowest BCUT2D eigenvalue weighted by atomic mass is 10.3. The highest BCUT2D eigenvalue weighted by atomic mass is 35.5. The quantitative estimate of drug-likeness (QED) is 0.696. The zero-order chi connectivity index (χ0) is 14.2. The summed E-state index contributed by atoms with van der Waals surface area (Å²) >= 11 is 5.89. The third-order valence-electron chi connectivity index (χ3n) is 2.92. The molecule has 2 rings (SSSR count). The summed E-state index contributed by atoms with van der Waals surface area (Å²) in [5.74, 6) is 0.377. The minimum Gasteiger partial charge on any atom is -0.389 e. The zero-order valence-electron chi connectivity index (χ0n) is 10.1. The first kappa shape index (κ1) is 14.5. The number of hydrogen-bond donors (Lipinski definition) is 3. The zero-order valence-corrected chi connectivity index (χ0v) is 11.7. The molecule has 0 amide bonds. The highest BCUT2D eigenvalue weighted by Crippen LogP contribution is 2.26. The molecule has 9 heteroatoms. The van der Waals surface area contributed by atoms with Gasteiger partial charge < -0.3 is 15.5 Å². The summed E-state index contributed by atoms with van der Waals surface area (Å²) in [6, 6.07) is 1.28. The number of aromatic nitrogens is 1. The third kappa shape index (κ3) is 2.67. The summed E-state index contributed by atoms with van der Waals surface area (Å²) in [6.07, 6.45) is -0.964. The summed E-state index contributed by atoms with van der Waals surface area (Å²) in [6.45, 7) is -0.288. The molecular weight excluding hydrogens is 294 g/mol. The largest absolute Gasteiger partial charge is 0.389 e. The van der Waals surface area contributed by atoms with Gasteiger partial charge in [-0.2, -0.15) is 4.31 Å². The van der Waals surface area contributed by atoms with Crippen LogP contribution in [0.4, 0.5) is 5.82 Å². The SMILES string of the molecule is CNc1ncc(S(=O)(=O)N2CC(O)C(O)C2)cc1Cl. The second-order valence-corrected chi connectivity index (χ2v) is 6.55. The molecule has 1 fully saturated rings. The number of rotatable bonds is 3. The highest BCUT2D eigenvalue weighted by Gasteiger charge is 2.37. The van der Waals surface area contributed by atoms with Crippen LogP contribution in [0.1, 0.15) is 0 Å². The Morgan fingerprint density at radius 3 is 2.47 bits per heavy atom. The number of aliphatic hydroxyl groups is 2. The van der Waals surface area contributed by atoms with Crippen molar-refractivity contribution in [3.63, 3.8) is 0 Å². The molecule has 0 aromatic carbocycles. The van der Waals surface area contributed by atoms with Crippen molar-refractivity contribution in [2.75, 3.05) is 25.5 Å². The summed E-state index contributed by atoms with van der Waals surface area (Å²) < 4.78 is 25.5. The maximum atomic E-state index is 12.3. The molecular formula is C10H14ClN3O4S. The van der Waals surface area contributed by atoms with Crippen molar-refractivity contribution in [3.8, 4) is 0 Å². The second-order valence-electron chi connectivity index (χ2n) is 4.21. The predicted molar refractivity (Wildman–Crippen MR) is 69.6 cm³/mol. The lowest BCUT2D eigenvalue weighted by Crippen LogP contribution is -2.30. The van der Waals surface area contributed by atoms with Gasteiger partial charge in [0, 0.05) is 26.3 Å². The van der Waals surface area contributed by atoms with Crippen LogP contribution in [0.25, 0.3) is 0 Å². The summed E-state index contributed by atoms with van der Waals surface area (Å²) in [5.41, 5.74) is 0. The molecule has 3 N–H and O–H groups in total. The van der Waals surface area contributed by atoms with E-state index in [0.29, 0.717) is 5.82 Å². The van der Waals surface area contributed by atoms with Gasteiger partial charge in [-0.25, -0.2) is 13.4 Å². The number of anilines is 1. The van der Waals surface area contributed by atoms with Gasteiger partial charge in [0.05, 0.1) is 17.2 Å². The first-order valence-electron chi connectivity index (χ1n) is 5.56. The van der Waals surface area contributed by atoms with Crippen LogP contribution in [-0.4, -0.2) is 60.3 Å². The molecule has 2 atom stereocenters. The Morgan fingerprint density at radius 2 is 2.00 bits per heavy atom. The average Bonchev–Trinajstić information content (AvgIpc) is 2.70. The molecule has 1 aromatic rings. The Labute approximate surface area is 115 Å². The maximum Gasteiger partial charge on any atom is 0.244 e. The van der Waals surface area contributed by atoms with E-state index in [4.69, 9.17) is 11.6 Å². The van der Waals surface area contributed by atoms with Crippen LogP contribution in [0.15, 0.2) is 17.2 Å². The van der Waals surface area contributed by atoms with Crippen molar-refractivity contribution >= 4 is 27.4 Å². The van der Waals surface area contributed by atoms with Crippen molar-refractivity contribution in [3.05, 3.63) is 17.3 Å². The monoisotopic (exact) mass is 307 g/mol. The smallest absolute Gasteiger partial charge is 0.244 e. The molecule has 2 heterocycles. The van der Waals surface area contributed by atoms with Crippen LogP contribution in [0, 0.1) is 0 Å². The van der Waals surface area contributed by atoms with E-state index in [9.17, 15) is 18.6 Å².